The molecule has 0 spiro atoms. The fourth-order valence-corrected chi connectivity index (χ4v) is 5.00. The maximum absolute atomic E-state index is 14.1. The lowest BCUT2D eigenvalue weighted by Crippen LogP contribution is -2.49. The Morgan fingerprint density at radius 2 is 1.72 bits per heavy atom. The second kappa shape index (κ2) is 9.57. The lowest BCUT2D eigenvalue weighted by atomic mass is 9.97. The molecule has 7 nitrogen and oxygen atoms in total. The molecule has 5 rings (SSSR count). The second-order valence-electron chi connectivity index (χ2n) is 8.83. The van der Waals surface area contributed by atoms with Crippen LogP contribution in [0, 0.1) is 0 Å². The number of ether oxygens (including phenoxy) is 1. The number of fused-ring (bicyclic) bond motifs is 1. The Hall–Kier alpha value is -3.40. The molecule has 2 aliphatic heterocycles. The van der Waals surface area contributed by atoms with Crippen LogP contribution < -0.4 is 15.0 Å². The van der Waals surface area contributed by atoms with Crippen molar-refractivity contribution in [2.24, 2.45) is 0 Å². The molecule has 3 heterocycles. The quantitative estimate of drug-likeness (QED) is 0.515. The van der Waals surface area contributed by atoms with Crippen LogP contribution in [-0.2, 0) is 0 Å². The molecule has 0 unspecified atom stereocenters. The number of halogens is 4. The van der Waals surface area contributed by atoms with E-state index in [1.165, 1.54) is 7.11 Å². The molecule has 1 amide bonds. The number of aromatic nitrogens is 2. The minimum absolute atomic E-state index is 0.00247. The maximum Gasteiger partial charge on any atom is 0.410 e. The standard InChI is InChI=1S/C25H25ClF3N5O2/c1-36-18-9-7-16(8-10-18)19-15-20(25(27,28)29)34-23(30-19)21(26)22(31-34)24(35)33-13-11-32(12-14-33)17-5-3-2-4-6-17/h2-10,19-20,30H,11-15H2,1H3/t19-,20-/m0/s1. The number of hydrogen-bond donors (Lipinski definition) is 1. The fourth-order valence-electron chi connectivity index (χ4n) is 4.74. The number of rotatable bonds is 4. The van der Waals surface area contributed by atoms with Crippen LogP contribution in [0.4, 0.5) is 24.7 Å². The summed E-state index contributed by atoms with van der Waals surface area (Å²) >= 11 is 6.51. The summed E-state index contributed by atoms with van der Waals surface area (Å²) in [5, 5.41) is 7.06. The number of carbonyl (C=O) groups excluding carboxylic acids is 1. The molecule has 1 fully saturated rings. The predicted octanol–water partition coefficient (Wildman–Crippen LogP) is 5.17. The lowest BCUT2D eigenvalue weighted by molar-refractivity contribution is -0.173. The van der Waals surface area contributed by atoms with Gasteiger partial charge in [0.05, 0.1) is 13.2 Å². The minimum atomic E-state index is -4.57. The summed E-state index contributed by atoms with van der Waals surface area (Å²) in [7, 11) is 1.52. The number of piperazine rings is 1. The zero-order valence-corrected chi connectivity index (χ0v) is 20.3. The number of alkyl halides is 3. The van der Waals surface area contributed by atoms with Gasteiger partial charge in [-0.05, 0) is 29.8 Å². The van der Waals surface area contributed by atoms with Crippen LogP contribution in [0.5, 0.6) is 5.75 Å². The van der Waals surface area contributed by atoms with E-state index in [-0.39, 0.29) is 23.0 Å². The zero-order chi connectivity index (χ0) is 25.4. The van der Waals surface area contributed by atoms with Crippen molar-refractivity contribution in [3.63, 3.8) is 0 Å². The topological polar surface area (TPSA) is 62.6 Å². The lowest BCUT2D eigenvalue weighted by Gasteiger charge is -2.35. The van der Waals surface area contributed by atoms with Crippen molar-refractivity contribution < 1.29 is 22.7 Å². The Morgan fingerprint density at radius 3 is 2.33 bits per heavy atom. The van der Waals surface area contributed by atoms with Gasteiger partial charge in [0.15, 0.2) is 11.7 Å². The third-order valence-corrected chi connectivity index (χ3v) is 7.06. The molecule has 0 saturated carbocycles. The van der Waals surface area contributed by atoms with Crippen LogP contribution in [-0.4, -0.2) is 60.1 Å². The van der Waals surface area contributed by atoms with Gasteiger partial charge in [0.25, 0.3) is 5.91 Å². The molecule has 1 N–H and O–H groups in total. The van der Waals surface area contributed by atoms with Gasteiger partial charge in [0.1, 0.15) is 16.6 Å². The summed E-state index contributed by atoms with van der Waals surface area (Å²) in [6.07, 6.45) is -4.86. The summed E-state index contributed by atoms with van der Waals surface area (Å²) in [4.78, 5) is 17.0. The smallest absolute Gasteiger partial charge is 0.410 e. The summed E-state index contributed by atoms with van der Waals surface area (Å²) in [5.74, 6) is 0.126. The van der Waals surface area contributed by atoms with Gasteiger partial charge in [-0.25, -0.2) is 4.68 Å². The Kier molecular flexibility index (Phi) is 6.46. The summed E-state index contributed by atoms with van der Waals surface area (Å²) in [6.45, 7) is 2.03. The van der Waals surface area contributed by atoms with E-state index in [2.05, 4.69) is 15.3 Å². The van der Waals surface area contributed by atoms with Gasteiger partial charge in [-0.2, -0.15) is 18.3 Å². The van der Waals surface area contributed by atoms with E-state index < -0.39 is 24.2 Å². The zero-order valence-electron chi connectivity index (χ0n) is 19.5. The number of anilines is 2. The summed E-state index contributed by atoms with van der Waals surface area (Å²) in [5.41, 5.74) is 1.54. The molecule has 2 aliphatic rings. The molecule has 190 valence electrons. The number of para-hydroxylation sites is 1. The molecule has 0 bridgehead atoms. The van der Waals surface area contributed by atoms with Gasteiger partial charge in [-0.3, -0.25) is 4.79 Å². The monoisotopic (exact) mass is 519 g/mol. The third kappa shape index (κ3) is 4.57. The maximum atomic E-state index is 14.1. The average molecular weight is 520 g/mol. The van der Waals surface area contributed by atoms with Gasteiger partial charge in [-0.1, -0.05) is 41.9 Å². The van der Waals surface area contributed by atoms with Crippen LogP contribution >= 0.6 is 11.6 Å². The number of nitrogens with zero attached hydrogens (tertiary/aromatic N) is 4. The fraction of sp³-hybridized carbons (Fsp3) is 0.360. The average Bonchev–Trinajstić information content (AvgIpc) is 3.24. The first-order chi connectivity index (χ1) is 17.3. The van der Waals surface area contributed by atoms with Crippen molar-refractivity contribution in [3.8, 4) is 5.75 Å². The number of benzene rings is 2. The van der Waals surface area contributed by atoms with Crippen molar-refractivity contribution in [1.82, 2.24) is 14.7 Å². The highest BCUT2D eigenvalue weighted by atomic mass is 35.5. The number of methoxy groups -OCH3 is 1. The van der Waals surface area contributed by atoms with Crippen molar-refractivity contribution in [2.45, 2.75) is 24.7 Å². The van der Waals surface area contributed by atoms with Crippen LogP contribution in [0.25, 0.3) is 0 Å². The van der Waals surface area contributed by atoms with Crippen LogP contribution in [0.3, 0.4) is 0 Å². The summed E-state index contributed by atoms with van der Waals surface area (Å²) < 4.78 is 48.2. The first-order valence-electron chi connectivity index (χ1n) is 11.6. The highest BCUT2D eigenvalue weighted by Crippen LogP contribution is 2.46. The van der Waals surface area contributed by atoms with Gasteiger partial charge < -0.3 is 19.9 Å². The third-order valence-electron chi connectivity index (χ3n) is 6.70. The number of carbonyl (C=O) groups is 1. The molecule has 0 aliphatic carbocycles. The number of hydrogen-bond acceptors (Lipinski definition) is 5. The predicted molar refractivity (Wildman–Crippen MR) is 131 cm³/mol. The minimum Gasteiger partial charge on any atom is -0.497 e. The Balaban J connectivity index is 1.39. The van der Waals surface area contributed by atoms with Crippen LogP contribution in [0.2, 0.25) is 5.02 Å². The Bertz CT molecular complexity index is 1220. The molecule has 36 heavy (non-hydrogen) atoms. The van der Waals surface area contributed by atoms with Crippen molar-refractivity contribution in [2.75, 3.05) is 43.5 Å². The molecule has 11 heteroatoms. The molecule has 1 saturated heterocycles. The van der Waals surface area contributed by atoms with E-state index in [1.807, 2.05) is 30.3 Å². The van der Waals surface area contributed by atoms with Gasteiger partial charge in [-0.15, -0.1) is 0 Å². The molecular weight excluding hydrogens is 495 g/mol. The highest BCUT2D eigenvalue weighted by Gasteiger charge is 2.48. The SMILES string of the molecule is COc1ccc([C@@H]2C[C@@H](C(F)(F)F)n3nc(C(=O)N4CCN(c5ccccc5)CC4)c(Cl)c3N2)cc1. The molecule has 0 radical (unpaired) electrons. The number of nitrogens with one attached hydrogen (secondary N) is 1. The van der Waals surface area contributed by atoms with E-state index in [1.54, 1.807) is 29.2 Å². The Labute approximate surface area is 211 Å². The largest absolute Gasteiger partial charge is 0.497 e. The first kappa shape index (κ1) is 24.3. The molecule has 3 aromatic rings. The number of amides is 1. The molecule has 2 atom stereocenters. The van der Waals surface area contributed by atoms with Gasteiger partial charge >= 0.3 is 6.18 Å². The molecular formula is C25H25ClF3N5O2. The van der Waals surface area contributed by atoms with Crippen molar-refractivity contribution in [1.29, 1.82) is 0 Å². The normalized spacial score (nSPS) is 20.0. The second-order valence-corrected chi connectivity index (χ2v) is 9.21. The summed E-state index contributed by atoms with van der Waals surface area (Å²) in [6, 6.07) is 14.1. The van der Waals surface area contributed by atoms with Crippen molar-refractivity contribution >= 4 is 29.0 Å². The van der Waals surface area contributed by atoms with Gasteiger partial charge in [0.2, 0.25) is 0 Å². The van der Waals surface area contributed by atoms with Crippen LogP contribution in [0.15, 0.2) is 54.6 Å². The van der Waals surface area contributed by atoms with Gasteiger partial charge in [0, 0.05) is 38.3 Å². The molecule has 1 aromatic heterocycles. The van der Waals surface area contributed by atoms with E-state index >= 15 is 0 Å². The molecule has 2 aromatic carbocycles. The van der Waals surface area contributed by atoms with E-state index in [0.717, 1.165) is 10.4 Å². The van der Waals surface area contributed by atoms with Crippen molar-refractivity contribution in [3.05, 3.63) is 70.9 Å². The first-order valence-corrected chi connectivity index (χ1v) is 12.0. The van der Waals surface area contributed by atoms with E-state index in [0.29, 0.717) is 37.5 Å². The van der Waals surface area contributed by atoms with Crippen LogP contribution in [0.1, 0.15) is 34.6 Å². The highest BCUT2D eigenvalue weighted by molar-refractivity contribution is 6.36. The van der Waals surface area contributed by atoms with E-state index in [9.17, 15) is 18.0 Å². The van der Waals surface area contributed by atoms with E-state index in [4.69, 9.17) is 16.3 Å². The Morgan fingerprint density at radius 1 is 1.06 bits per heavy atom.